The summed E-state index contributed by atoms with van der Waals surface area (Å²) in [4.78, 5) is 20.4. The summed E-state index contributed by atoms with van der Waals surface area (Å²) < 4.78 is 54.2. The van der Waals surface area contributed by atoms with E-state index < -0.39 is 26.6 Å². The molecular weight excluding hydrogens is 402 g/mol. The standard InChI is InChI=1S/C19H18F2N4O3S/c20-14-5-3-6-15(21)18(14)29(27,28)25-10-8-24(9-11-25)12-17-22-16-7-2-1-4-13(16)19(26)23-17/h1-7H,8-12H2,(H,22,23,26). The normalized spacial score (nSPS) is 16.3. The maximum Gasteiger partial charge on any atom is 0.258 e. The van der Waals surface area contributed by atoms with Crippen molar-refractivity contribution in [3.63, 3.8) is 0 Å². The van der Waals surface area contributed by atoms with E-state index >= 15 is 0 Å². The van der Waals surface area contributed by atoms with E-state index in [1.165, 1.54) is 0 Å². The molecule has 0 saturated carbocycles. The highest BCUT2D eigenvalue weighted by Crippen LogP contribution is 2.23. The second-order valence-electron chi connectivity index (χ2n) is 6.76. The van der Waals surface area contributed by atoms with Crippen molar-refractivity contribution in [2.45, 2.75) is 11.4 Å². The first-order chi connectivity index (χ1) is 13.9. The summed E-state index contributed by atoms with van der Waals surface area (Å²) in [6.07, 6.45) is 0. The Balaban J connectivity index is 1.48. The summed E-state index contributed by atoms with van der Waals surface area (Å²) in [6.45, 7) is 1.17. The summed E-state index contributed by atoms with van der Waals surface area (Å²) in [5.41, 5.74) is 0.351. The van der Waals surface area contributed by atoms with Crippen LogP contribution >= 0.6 is 0 Å². The smallest absolute Gasteiger partial charge is 0.258 e. The molecule has 29 heavy (non-hydrogen) atoms. The van der Waals surface area contributed by atoms with Crippen LogP contribution < -0.4 is 5.56 Å². The number of piperazine rings is 1. The highest BCUT2D eigenvalue weighted by atomic mass is 32.2. The molecule has 0 amide bonds. The summed E-state index contributed by atoms with van der Waals surface area (Å²) in [5.74, 6) is -1.74. The zero-order valence-corrected chi connectivity index (χ0v) is 16.1. The van der Waals surface area contributed by atoms with Crippen LogP contribution in [0, 0.1) is 11.6 Å². The third kappa shape index (κ3) is 3.78. The van der Waals surface area contributed by atoms with Crippen LogP contribution in [0.4, 0.5) is 8.78 Å². The Morgan fingerprint density at radius 2 is 1.62 bits per heavy atom. The highest BCUT2D eigenvalue weighted by Gasteiger charge is 2.33. The van der Waals surface area contributed by atoms with Gasteiger partial charge in [0.05, 0.1) is 17.4 Å². The largest absolute Gasteiger partial charge is 0.309 e. The average Bonchev–Trinajstić information content (AvgIpc) is 2.68. The van der Waals surface area contributed by atoms with Crippen LogP contribution in [0.3, 0.4) is 0 Å². The molecule has 4 rings (SSSR count). The van der Waals surface area contributed by atoms with E-state index in [2.05, 4.69) is 9.97 Å². The number of fused-ring (bicyclic) bond motifs is 1. The highest BCUT2D eigenvalue weighted by molar-refractivity contribution is 7.89. The molecule has 2 heterocycles. The molecule has 0 atom stereocenters. The van der Waals surface area contributed by atoms with Crippen LogP contribution in [0.5, 0.6) is 0 Å². The van der Waals surface area contributed by atoms with Crippen molar-refractivity contribution in [3.8, 4) is 0 Å². The molecule has 0 aliphatic carbocycles. The van der Waals surface area contributed by atoms with E-state index in [9.17, 15) is 22.0 Å². The Kier molecular flexibility index (Phi) is 5.15. The van der Waals surface area contributed by atoms with Gasteiger partial charge >= 0.3 is 0 Å². The van der Waals surface area contributed by atoms with Gasteiger partial charge in [-0.05, 0) is 24.3 Å². The van der Waals surface area contributed by atoms with E-state index in [-0.39, 0.29) is 18.6 Å². The molecule has 1 N–H and O–H groups in total. The van der Waals surface area contributed by atoms with Crippen LogP contribution in [0.25, 0.3) is 10.9 Å². The van der Waals surface area contributed by atoms with E-state index in [1.807, 2.05) is 4.90 Å². The number of aromatic amines is 1. The zero-order valence-electron chi connectivity index (χ0n) is 15.3. The number of sulfonamides is 1. The molecule has 2 aromatic carbocycles. The van der Waals surface area contributed by atoms with Crippen LogP contribution in [0.2, 0.25) is 0 Å². The number of hydrogen-bond acceptors (Lipinski definition) is 5. The molecule has 152 valence electrons. The Morgan fingerprint density at radius 3 is 2.31 bits per heavy atom. The number of benzene rings is 2. The van der Waals surface area contributed by atoms with Crippen molar-refractivity contribution in [3.05, 3.63) is 70.3 Å². The molecule has 1 aliphatic heterocycles. The van der Waals surface area contributed by atoms with Gasteiger partial charge in [0.15, 0.2) is 4.90 Å². The first kappa shape index (κ1) is 19.6. The van der Waals surface area contributed by atoms with E-state index in [0.29, 0.717) is 36.4 Å². The molecule has 1 aliphatic rings. The SMILES string of the molecule is O=c1[nH]c(CN2CCN(S(=O)(=O)c3c(F)cccc3F)CC2)nc2ccccc12. The summed E-state index contributed by atoms with van der Waals surface area (Å²) >= 11 is 0. The molecule has 0 spiro atoms. The number of H-pyrrole nitrogens is 1. The Hall–Kier alpha value is -2.69. The minimum Gasteiger partial charge on any atom is -0.309 e. The van der Waals surface area contributed by atoms with Gasteiger partial charge in [0.1, 0.15) is 17.5 Å². The number of aromatic nitrogens is 2. The van der Waals surface area contributed by atoms with Crippen molar-refractivity contribution < 1.29 is 17.2 Å². The molecule has 1 fully saturated rings. The molecule has 0 unspecified atom stereocenters. The van der Waals surface area contributed by atoms with Gasteiger partial charge in [0.2, 0.25) is 10.0 Å². The molecule has 1 aromatic heterocycles. The number of para-hydroxylation sites is 1. The van der Waals surface area contributed by atoms with Gasteiger partial charge < -0.3 is 4.98 Å². The second kappa shape index (κ2) is 7.62. The predicted octanol–water partition coefficient (Wildman–Crippen LogP) is 1.71. The molecule has 0 bridgehead atoms. The third-order valence-electron chi connectivity index (χ3n) is 4.88. The lowest BCUT2D eigenvalue weighted by Gasteiger charge is -2.33. The van der Waals surface area contributed by atoms with Crippen LogP contribution in [0.15, 0.2) is 52.2 Å². The fourth-order valence-corrected chi connectivity index (χ4v) is 4.94. The monoisotopic (exact) mass is 420 g/mol. The van der Waals surface area contributed by atoms with Crippen LogP contribution in [-0.4, -0.2) is 53.8 Å². The molecule has 1 saturated heterocycles. The average molecular weight is 420 g/mol. The molecule has 10 heteroatoms. The fraction of sp³-hybridized carbons (Fsp3) is 0.263. The van der Waals surface area contributed by atoms with E-state index in [1.54, 1.807) is 24.3 Å². The Bertz CT molecular complexity index is 1200. The minimum atomic E-state index is -4.27. The predicted molar refractivity (Wildman–Crippen MR) is 103 cm³/mol. The summed E-state index contributed by atoms with van der Waals surface area (Å²) in [6, 6.07) is 9.97. The third-order valence-corrected chi connectivity index (χ3v) is 6.83. The van der Waals surface area contributed by atoms with Crippen molar-refractivity contribution in [1.82, 2.24) is 19.2 Å². The van der Waals surface area contributed by atoms with Gasteiger partial charge in [-0.1, -0.05) is 18.2 Å². The first-order valence-corrected chi connectivity index (χ1v) is 10.4. The number of nitrogens with zero attached hydrogens (tertiary/aromatic N) is 3. The van der Waals surface area contributed by atoms with E-state index in [4.69, 9.17) is 0 Å². The van der Waals surface area contributed by atoms with E-state index in [0.717, 1.165) is 22.5 Å². The Morgan fingerprint density at radius 1 is 0.966 bits per heavy atom. The van der Waals surface area contributed by atoms with Crippen molar-refractivity contribution in [2.24, 2.45) is 0 Å². The van der Waals surface area contributed by atoms with Gasteiger partial charge in [0, 0.05) is 26.2 Å². The van der Waals surface area contributed by atoms with Crippen molar-refractivity contribution >= 4 is 20.9 Å². The van der Waals surface area contributed by atoms with Crippen molar-refractivity contribution in [1.29, 1.82) is 0 Å². The lowest BCUT2D eigenvalue weighted by Crippen LogP contribution is -2.48. The van der Waals surface area contributed by atoms with Gasteiger partial charge in [-0.25, -0.2) is 22.2 Å². The minimum absolute atomic E-state index is 0.0773. The molecule has 7 nitrogen and oxygen atoms in total. The first-order valence-electron chi connectivity index (χ1n) is 9.01. The summed E-state index contributed by atoms with van der Waals surface area (Å²) in [5, 5.41) is 0.499. The molecule has 0 radical (unpaired) electrons. The van der Waals surface area contributed by atoms with Crippen LogP contribution in [-0.2, 0) is 16.6 Å². The van der Waals surface area contributed by atoms with Gasteiger partial charge in [-0.3, -0.25) is 9.69 Å². The molecular formula is C19H18F2N4O3S. The number of nitrogens with one attached hydrogen (secondary N) is 1. The summed E-state index contributed by atoms with van der Waals surface area (Å²) in [7, 11) is -4.27. The Labute approximate surface area is 165 Å². The fourth-order valence-electron chi connectivity index (χ4n) is 3.41. The quantitative estimate of drug-likeness (QED) is 0.695. The number of halogens is 2. The van der Waals surface area contributed by atoms with Crippen molar-refractivity contribution in [2.75, 3.05) is 26.2 Å². The van der Waals surface area contributed by atoms with Gasteiger partial charge in [0.25, 0.3) is 5.56 Å². The second-order valence-corrected chi connectivity index (χ2v) is 8.64. The van der Waals surface area contributed by atoms with Gasteiger partial charge in [-0.15, -0.1) is 0 Å². The zero-order chi connectivity index (χ0) is 20.6. The lowest BCUT2D eigenvalue weighted by molar-refractivity contribution is 0.177. The van der Waals surface area contributed by atoms with Crippen LogP contribution in [0.1, 0.15) is 5.82 Å². The lowest BCUT2D eigenvalue weighted by atomic mass is 10.2. The number of hydrogen-bond donors (Lipinski definition) is 1. The van der Waals surface area contributed by atoms with Gasteiger partial charge in [-0.2, -0.15) is 4.31 Å². The topological polar surface area (TPSA) is 86.4 Å². The maximum atomic E-state index is 13.9. The maximum absolute atomic E-state index is 13.9. The molecule has 3 aromatic rings. The number of rotatable bonds is 4.